The summed E-state index contributed by atoms with van der Waals surface area (Å²) in [5.74, 6) is 0.408. The second-order valence-corrected chi connectivity index (χ2v) is 8.84. The Morgan fingerprint density at radius 3 is 2.58 bits per heavy atom. The molecule has 0 spiro atoms. The highest BCUT2D eigenvalue weighted by atomic mass is 32.2. The summed E-state index contributed by atoms with van der Waals surface area (Å²) in [7, 11) is -3.17. The number of carbonyl (C=O) groups excluding carboxylic acids is 1. The van der Waals surface area contributed by atoms with Crippen LogP contribution < -0.4 is 10.6 Å². The maximum Gasteiger partial charge on any atom is 0.221 e. The van der Waals surface area contributed by atoms with Crippen molar-refractivity contribution in [2.75, 3.05) is 19.3 Å². The summed E-state index contributed by atoms with van der Waals surface area (Å²) in [6, 6.07) is 0.204. The quantitative estimate of drug-likeness (QED) is 0.782. The first-order valence-corrected chi connectivity index (χ1v) is 8.72. The van der Waals surface area contributed by atoms with Crippen LogP contribution in [0.5, 0.6) is 0 Å². The summed E-state index contributed by atoms with van der Waals surface area (Å²) >= 11 is 0. The molecule has 0 aromatic heterocycles. The van der Waals surface area contributed by atoms with Crippen molar-refractivity contribution >= 4 is 15.7 Å². The molecule has 0 radical (unpaired) electrons. The molecule has 5 nitrogen and oxygen atoms in total. The molecule has 112 valence electrons. The number of carbonyl (C=O) groups is 1. The molecule has 2 atom stereocenters. The third-order valence-corrected chi connectivity index (χ3v) is 6.20. The van der Waals surface area contributed by atoms with Crippen molar-refractivity contribution in [1.29, 1.82) is 0 Å². The Morgan fingerprint density at radius 1 is 1.42 bits per heavy atom. The van der Waals surface area contributed by atoms with Crippen molar-refractivity contribution in [2.45, 2.75) is 50.8 Å². The van der Waals surface area contributed by atoms with Gasteiger partial charge in [-0.1, -0.05) is 6.92 Å². The summed E-state index contributed by atoms with van der Waals surface area (Å²) in [6.07, 6.45) is 3.91. The monoisotopic (exact) mass is 290 g/mol. The first-order chi connectivity index (χ1) is 8.63. The lowest BCUT2D eigenvalue weighted by Crippen LogP contribution is -2.47. The van der Waals surface area contributed by atoms with E-state index in [1.54, 1.807) is 13.8 Å². The Morgan fingerprint density at radius 2 is 2.05 bits per heavy atom. The van der Waals surface area contributed by atoms with E-state index < -0.39 is 14.6 Å². The molecule has 0 bridgehead atoms. The molecule has 0 saturated carbocycles. The van der Waals surface area contributed by atoms with Gasteiger partial charge in [-0.05, 0) is 39.2 Å². The fraction of sp³-hybridized carbons (Fsp3) is 0.923. The minimum Gasteiger partial charge on any atom is -0.354 e. The topological polar surface area (TPSA) is 75.3 Å². The Kier molecular flexibility index (Phi) is 5.38. The SMILES string of the molecule is CC1CCCNC1CC(=O)NCC(C)(C)S(C)(=O)=O. The van der Waals surface area contributed by atoms with Crippen molar-refractivity contribution in [3.8, 4) is 0 Å². The molecular formula is C13H26N2O3S. The second kappa shape index (κ2) is 6.22. The fourth-order valence-corrected chi connectivity index (χ4v) is 2.44. The highest BCUT2D eigenvalue weighted by Crippen LogP contribution is 2.18. The third kappa shape index (κ3) is 4.76. The van der Waals surface area contributed by atoms with E-state index in [1.807, 2.05) is 0 Å². The summed E-state index contributed by atoms with van der Waals surface area (Å²) < 4.78 is 22.2. The van der Waals surface area contributed by atoms with Gasteiger partial charge in [0.2, 0.25) is 5.91 Å². The number of hydrogen-bond acceptors (Lipinski definition) is 4. The van der Waals surface area contributed by atoms with Crippen molar-refractivity contribution in [1.82, 2.24) is 10.6 Å². The first kappa shape index (κ1) is 16.4. The molecule has 1 saturated heterocycles. The molecule has 2 unspecified atom stereocenters. The largest absolute Gasteiger partial charge is 0.354 e. The van der Waals surface area contributed by atoms with Gasteiger partial charge in [-0.25, -0.2) is 8.42 Å². The van der Waals surface area contributed by atoms with E-state index in [9.17, 15) is 13.2 Å². The summed E-state index contributed by atoms with van der Waals surface area (Å²) in [4.78, 5) is 11.9. The molecule has 2 N–H and O–H groups in total. The van der Waals surface area contributed by atoms with Crippen molar-refractivity contribution in [3.63, 3.8) is 0 Å². The number of piperidine rings is 1. The zero-order chi connectivity index (χ0) is 14.7. The maximum absolute atomic E-state index is 11.9. The second-order valence-electron chi connectivity index (χ2n) is 6.19. The van der Waals surface area contributed by atoms with Crippen LogP contribution >= 0.6 is 0 Å². The number of sulfone groups is 1. The molecule has 1 heterocycles. The van der Waals surface area contributed by atoms with Crippen LogP contribution in [0.4, 0.5) is 0 Å². The third-order valence-electron chi connectivity index (χ3n) is 4.05. The van der Waals surface area contributed by atoms with Crippen LogP contribution in [-0.2, 0) is 14.6 Å². The lowest BCUT2D eigenvalue weighted by atomic mass is 9.90. The number of rotatable bonds is 5. The van der Waals surface area contributed by atoms with Crippen molar-refractivity contribution in [2.24, 2.45) is 5.92 Å². The van der Waals surface area contributed by atoms with Crippen LogP contribution in [-0.4, -0.2) is 44.5 Å². The highest BCUT2D eigenvalue weighted by molar-refractivity contribution is 7.92. The van der Waals surface area contributed by atoms with Gasteiger partial charge >= 0.3 is 0 Å². The minimum absolute atomic E-state index is 0.0806. The smallest absolute Gasteiger partial charge is 0.221 e. The van der Waals surface area contributed by atoms with Crippen molar-refractivity contribution in [3.05, 3.63) is 0 Å². The normalized spacial score (nSPS) is 25.1. The molecule has 1 amide bonds. The lowest BCUT2D eigenvalue weighted by molar-refractivity contribution is -0.122. The van der Waals surface area contributed by atoms with Gasteiger partial charge in [-0.15, -0.1) is 0 Å². The molecule has 0 aromatic carbocycles. The van der Waals surface area contributed by atoms with Crippen molar-refractivity contribution < 1.29 is 13.2 Å². The standard InChI is InChI=1S/C13H26N2O3S/c1-10-6-5-7-14-11(10)8-12(16)15-9-13(2,3)19(4,17)18/h10-11,14H,5-9H2,1-4H3,(H,15,16). The molecule has 1 aliphatic heterocycles. The van der Waals surface area contributed by atoms with Gasteiger partial charge in [0.05, 0.1) is 4.75 Å². The molecule has 0 aliphatic carbocycles. The number of amides is 1. The zero-order valence-electron chi connectivity index (χ0n) is 12.3. The van der Waals surface area contributed by atoms with E-state index in [1.165, 1.54) is 6.26 Å². The highest BCUT2D eigenvalue weighted by Gasteiger charge is 2.31. The van der Waals surface area contributed by atoms with E-state index in [-0.39, 0.29) is 18.5 Å². The van der Waals surface area contributed by atoms with Crippen LogP contribution in [0.1, 0.15) is 40.0 Å². The minimum atomic E-state index is -3.17. The predicted molar refractivity (Wildman–Crippen MR) is 76.7 cm³/mol. The maximum atomic E-state index is 11.9. The predicted octanol–water partition coefficient (Wildman–Crippen LogP) is 0.704. The van der Waals surface area contributed by atoms with Gasteiger partial charge in [-0.3, -0.25) is 4.79 Å². The number of nitrogens with one attached hydrogen (secondary N) is 2. The Bertz CT molecular complexity index is 418. The summed E-state index contributed by atoms with van der Waals surface area (Å²) in [5.41, 5.74) is 0. The van der Waals surface area contributed by atoms with Gasteiger partial charge in [0.15, 0.2) is 9.84 Å². The average molecular weight is 290 g/mol. The average Bonchev–Trinajstić information content (AvgIpc) is 2.28. The van der Waals surface area contributed by atoms with Gasteiger partial charge in [0.1, 0.15) is 0 Å². The Balaban J connectivity index is 2.44. The van der Waals surface area contributed by atoms with Crippen LogP contribution in [0.3, 0.4) is 0 Å². The summed E-state index contributed by atoms with van der Waals surface area (Å²) in [6.45, 7) is 6.52. The number of hydrogen-bond donors (Lipinski definition) is 2. The Hall–Kier alpha value is -0.620. The lowest BCUT2D eigenvalue weighted by Gasteiger charge is -2.30. The van der Waals surface area contributed by atoms with Crippen LogP contribution in [0.2, 0.25) is 0 Å². The molecule has 1 fully saturated rings. The molecule has 1 rings (SSSR count). The fourth-order valence-electron chi connectivity index (χ4n) is 2.10. The first-order valence-electron chi connectivity index (χ1n) is 6.83. The van der Waals surface area contributed by atoms with E-state index >= 15 is 0 Å². The van der Waals surface area contributed by atoms with E-state index in [4.69, 9.17) is 0 Å². The summed E-state index contributed by atoms with van der Waals surface area (Å²) in [5, 5.41) is 6.09. The van der Waals surface area contributed by atoms with E-state index in [0.717, 1.165) is 19.4 Å². The molecule has 0 aromatic rings. The molecule has 6 heteroatoms. The van der Waals surface area contributed by atoms with Gasteiger partial charge in [-0.2, -0.15) is 0 Å². The van der Waals surface area contributed by atoms with E-state index in [2.05, 4.69) is 17.6 Å². The van der Waals surface area contributed by atoms with Gasteiger partial charge < -0.3 is 10.6 Å². The molecule has 19 heavy (non-hydrogen) atoms. The van der Waals surface area contributed by atoms with Gasteiger partial charge in [0.25, 0.3) is 0 Å². The molecule has 1 aliphatic rings. The molecular weight excluding hydrogens is 264 g/mol. The Labute approximate surface area is 116 Å². The van der Waals surface area contributed by atoms with Gasteiger partial charge in [0, 0.05) is 25.3 Å². The van der Waals surface area contributed by atoms with Crippen LogP contribution in [0.25, 0.3) is 0 Å². The van der Waals surface area contributed by atoms with Crippen LogP contribution in [0, 0.1) is 5.92 Å². The van der Waals surface area contributed by atoms with Crippen LogP contribution in [0.15, 0.2) is 0 Å². The van der Waals surface area contributed by atoms with E-state index in [0.29, 0.717) is 12.3 Å². The zero-order valence-corrected chi connectivity index (χ0v) is 13.1.